The van der Waals surface area contributed by atoms with Crippen molar-refractivity contribution in [3.8, 4) is 17.3 Å². The summed E-state index contributed by atoms with van der Waals surface area (Å²) in [6.07, 6.45) is 2.26. The number of carbonyl (C=O) groups excluding carboxylic acids is 1. The van der Waals surface area contributed by atoms with Crippen LogP contribution in [0.5, 0.6) is 11.6 Å². The third-order valence-electron chi connectivity index (χ3n) is 6.32. The van der Waals surface area contributed by atoms with Crippen LogP contribution >= 0.6 is 0 Å². The number of benzene rings is 1. The highest BCUT2D eigenvalue weighted by Crippen LogP contribution is 2.46. The Balaban J connectivity index is 1.88. The Bertz CT molecular complexity index is 1220. The van der Waals surface area contributed by atoms with Gasteiger partial charge in [-0.3, -0.25) is 9.36 Å². The molecule has 0 spiro atoms. The number of pyridine rings is 1. The molecule has 2 aromatic heterocycles. The van der Waals surface area contributed by atoms with E-state index in [1.165, 1.54) is 0 Å². The molecule has 0 bridgehead atoms. The molecule has 1 saturated carbocycles. The molecule has 4 rings (SSSR count). The van der Waals surface area contributed by atoms with Crippen molar-refractivity contribution in [2.75, 3.05) is 33.0 Å². The van der Waals surface area contributed by atoms with E-state index in [4.69, 9.17) is 21.2 Å². The fraction of sp³-hybridized carbons (Fsp3) is 0.417. The molecule has 1 amide bonds. The van der Waals surface area contributed by atoms with Crippen LogP contribution in [0.15, 0.2) is 18.2 Å². The van der Waals surface area contributed by atoms with Crippen molar-refractivity contribution in [1.29, 1.82) is 0 Å². The van der Waals surface area contributed by atoms with E-state index < -0.39 is 5.91 Å². The second-order valence-corrected chi connectivity index (χ2v) is 9.34. The molecule has 3 aromatic rings. The van der Waals surface area contributed by atoms with Crippen LogP contribution in [-0.2, 0) is 0 Å². The van der Waals surface area contributed by atoms with Gasteiger partial charge < -0.3 is 26.2 Å². The number of amides is 1. The van der Waals surface area contributed by atoms with Crippen molar-refractivity contribution in [1.82, 2.24) is 14.5 Å². The highest BCUT2D eigenvalue weighted by Gasteiger charge is 2.44. The average molecular weight is 438 g/mol. The first-order valence-corrected chi connectivity index (χ1v) is 10.7. The maximum atomic E-state index is 12.3. The van der Waals surface area contributed by atoms with Crippen molar-refractivity contribution < 1.29 is 14.6 Å². The van der Waals surface area contributed by atoms with Crippen LogP contribution in [0.4, 0.5) is 5.82 Å². The van der Waals surface area contributed by atoms with Crippen LogP contribution in [0, 0.1) is 26.2 Å². The first-order chi connectivity index (χ1) is 15.0. The first-order valence-electron chi connectivity index (χ1n) is 10.7. The molecule has 8 heteroatoms. The zero-order chi connectivity index (χ0) is 23.4. The van der Waals surface area contributed by atoms with Gasteiger partial charge in [-0.2, -0.15) is 4.98 Å². The molecule has 170 valence electrons. The van der Waals surface area contributed by atoms with E-state index in [0.717, 1.165) is 30.5 Å². The summed E-state index contributed by atoms with van der Waals surface area (Å²) < 4.78 is 7.89. The van der Waals surface area contributed by atoms with E-state index in [2.05, 4.69) is 19.0 Å². The Hall–Kier alpha value is -3.26. The third kappa shape index (κ3) is 3.64. The molecule has 1 fully saturated rings. The van der Waals surface area contributed by atoms with E-state index in [0.29, 0.717) is 34.8 Å². The van der Waals surface area contributed by atoms with Gasteiger partial charge in [-0.1, -0.05) is 6.07 Å². The first kappa shape index (κ1) is 22.0. The zero-order valence-electron chi connectivity index (χ0n) is 19.3. The molecule has 0 radical (unpaired) electrons. The molecule has 32 heavy (non-hydrogen) atoms. The highest BCUT2D eigenvalue weighted by atomic mass is 16.5. The number of primary amides is 1. The van der Waals surface area contributed by atoms with Gasteiger partial charge in [0.05, 0.1) is 17.9 Å². The van der Waals surface area contributed by atoms with Crippen LogP contribution in [0.2, 0.25) is 0 Å². The lowest BCUT2D eigenvalue weighted by Gasteiger charge is -2.21. The molecular weight excluding hydrogens is 406 g/mol. The van der Waals surface area contributed by atoms with Gasteiger partial charge >= 0.3 is 0 Å². The van der Waals surface area contributed by atoms with Gasteiger partial charge in [0, 0.05) is 28.5 Å². The number of phenolic OH excluding ortho intramolecular Hbond substituents is 1. The number of fused-ring (bicyclic) bond motifs is 1. The van der Waals surface area contributed by atoms with Gasteiger partial charge in [0.15, 0.2) is 5.65 Å². The summed E-state index contributed by atoms with van der Waals surface area (Å²) in [6, 6.07) is 5.29. The molecule has 8 nitrogen and oxygen atoms in total. The normalized spacial score (nSPS) is 14.8. The Morgan fingerprint density at radius 3 is 2.53 bits per heavy atom. The monoisotopic (exact) mass is 437 g/mol. The molecule has 0 saturated heterocycles. The largest absolute Gasteiger partial charge is 0.508 e. The molecule has 1 aliphatic rings. The van der Waals surface area contributed by atoms with Crippen LogP contribution in [-0.4, -0.2) is 52.7 Å². The number of anilines is 1. The second-order valence-electron chi connectivity index (χ2n) is 9.34. The lowest BCUT2D eigenvalue weighted by molar-refractivity contribution is 0.100. The number of ether oxygens (including phenoxy) is 1. The van der Waals surface area contributed by atoms with E-state index in [1.54, 1.807) is 23.6 Å². The minimum Gasteiger partial charge on any atom is -0.508 e. The number of nitrogen functional groups attached to an aromatic ring is 1. The number of aromatic nitrogens is 2. The van der Waals surface area contributed by atoms with Gasteiger partial charge in [-0.15, -0.1) is 0 Å². The summed E-state index contributed by atoms with van der Waals surface area (Å²) in [5.41, 5.74) is 16.0. The van der Waals surface area contributed by atoms with Crippen LogP contribution in [0.1, 0.15) is 39.9 Å². The van der Waals surface area contributed by atoms with Gasteiger partial charge in [-0.05, 0) is 65.4 Å². The summed E-state index contributed by atoms with van der Waals surface area (Å²) in [6.45, 7) is 7.16. The van der Waals surface area contributed by atoms with Crippen molar-refractivity contribution in [3.05, 3.63) is 40.5 Å². The van der Waals surface area contributed by atoms with Crippen LogP contribution < -0.4 is 16.2 Å². The number of phenols is 1. The summed E-state index contributed by atoms with van der Waals surface area (Å²) in [4.78, 5) is 19.3. The SMILES string of the molecule is Cc1cc2c(C(N)=O)c(N)n(-c3c(C)ccc(O)c3C)c2nc1OCC1(CN(C)C)CC1. The predicted molar refractivity (Wildman–Crippen MR) is 126 cm³/mol. The Labute approximate surface area is 187 Å². The number of hydrogen-bond acceptors (Lipinski definition) is 6. The number of carbonyl (C=O) groups is 1. The number of aryl methyl sites for hydroxylation is 2. The summed E-state index contributed by atoms with van der Waals surface area (Å²) >= 11 is 0. The topological polar surface area (TPSA) is 120 Å². The Kier molecular flexibility index (Phi) is 5.29. The Morgan fingerprint density at radius 2 is 1.94 bits per heavy atom. The minimum atomic E-state index is -0.625. The molecule has 1 aromatic carbocycles. The summed E-state index contributed by atoms with van der Waals surface area (Å²) in [5, 5.41) is 10.9. The van der Waals surface area contributed by atoms with Crippen molar-refractivity contribution >= 4 is 22.8 Å². The maximum Gasteiger partial charge on any atom is 0.253 e. The molecule has 5 N–H and O–H groups in total. The van der Waals surface area contributed by atoms with E-state index in [1.807, 2.05) is 19.9 Å². The van der Waals surface area contributed by atoms with Gasteiger partial charge in [0.1, 0.15) is 11.6 Å². The zero-order valence-corrected chi connectivity index (χ0v) is 19.3. The molecular formula is C24H31N5O3. The predicted octanol–water partition coefficient (Wildman–Crippen LogP) is 3.06. The molecule has 1 aliphatic carbocycles. The number of nitrogens with zero attached hydrogens (tertiary/aromatic N) is 3. The maximum absolute atomic E-state index is 12.3. The van der Waals surface area contributed by atoms with Crippen molar-refractivity contribution in [3.63, 3.8) is 0 Å². The fourth-order valence-corrected chi connectivity index (χ4v) is 4.52. The smallest absolute Gasteiger partial charge is 0.253 e. The summed E-state index contributed by atoms with van der Waals surface area (Å²) in [7, 11) is 4.13. The molecule has 0 aliphatic heterocycles. The number of rotatable bonds is 7. The van der Waals surface area contributed by atoms with Crippen molar-refractivity contribution in [2.45, 2.75) is 33.6 Å². The number of hydrogen-bond donors (Lipinski definition) is 3. The van der Waals surface area contributed by atoms with Gasteiger partial charge in [0.2, 0.25) is 5.88 Å². The standard InChI is InChI=1S/C24H31N5O3/c1-13-6-7-17(30)15(3)19(13)29-20(25)18(21(26)31)16-10-14(2)23(27-22(16)29)32-12-24(8-9-24)11-28(4)5/h6-7,10,30H,8-9,11-12,25H2,1-5H3,(H2,26,31). The molecule has 0 unspecified atom stereocenters. The molecule has 2 heterocycles. The average Bonchev–Trinajstić information content (AvgIpc) is 3.40. The van der Waals surface area contributed by atoms with Gasteiger partial charge in [0.25, 0.3) is 5.91 Å². The van der Waals surface area contributed by atoms with Gasteiger partial charge in [-0.25, -0.2) is 0 Å². The number of aromatic hydroxyl groups is 1. The van der Waals surface area contributed by atoms with Crippen LogP contribution in [0.3, 0.4) is 0 Å². The van der Waals surface area contributed by atoms with Crippen molar-refractivity contribution in [2.24, 2.45) is 11.1 Å². The second kappa shape index (κ2) is 7.70. The highest BCUT2D eigenvalue weighted by molar-refractivity contribution is 6.11. The molecule has 0 atom stereocenters. The van der Waals surface area contributed by atoms with E-state index in [9.17, 15) is 9.90 Å². The van der Waals surface area contributed by atoms with Crippen LogP contribution in [0.25, 0.3) is 16.7 Å². The lowest BCUT2D eigenvalue weighted by Crippen LogP contribution is -2.27. The quantitative estimate of drug-likeness (QED) is 0.523. The number of nitrogens with two attached hydrogens (primary N) is 2. The minimum absolute atomic E-state index is 0.135. The Morgan fingerprint density at radius 1 is 1.25 bits per heavy atom. The third-order valence-corrected chi connectivity index (χ3v) is 6.32. The van der Waals surface area contributed by atoms with E-state index >= 15 is 0 Å². The summed E-state index contributed by atoms with van der Waals surface area (Å²) in [5.74, 6) is 0.210. The van der Waals surface area contributed by atoms with E-state index in [-0.39, 0.29) is 22.5 Å². The fourth-order valence-electron chi connectivity index (χ4n) is 4.52. The lowest BCUT2D eigenvalue weighted by atomic mass is 10.1.